The van der Waals surface area contributed by atoms with Crippen LogP contribution in [0.25, 0.3) is 0 Å². The van der Waals surface area contributed by atoms with Gasteiger partial charge in [-0.1, -0.05) is 26.8 Å². The molecule has 1 aliphatic rings. The van der Waals surface area contributed by atoms with E-state index < -0.39 is 6.04 Å². The van der Waals surface area contributed by atoms with Crippen molar-refractivity contribution in [2.75, 3.05) is 6.54 Å². The Morgan fingerprint density at radius 2 is 2.12 bits per heavy atom. The minimum atomic E-state index is -0.627. The quantitative estimate of drug-likeness (QED) is 0.788. The first-order valence-electron chi connectivity index (χ1n) is 8.50. The first-order chi connectivity index (χ1) is 11.4. The SMILES string of the molecule is CC(C)C[C@H](NC(=O)c1ccc2c(c1)CCC2C)C(=O)NCC#N. The van der Waals surface area contributed by atoms with Crippen molar-refractivity contribution in [1.82, 2.24) is 10.6 Å². The van der Waals surface area contributed by atoms with Gasteiger partial charge >= 0.3 is 0 Å². The van der Waals surface area contributed by atoms with Gasteiger partial charge < -0.3 is 10.6 Å². The first kappa shape index (κ1) is 18.0. The Hall–Kier alpha value is -2.35. The molecular formula is C19H25N3O2. The van der Waals surface area contributed by atoms with Crippen LogP contribution in [-0.2, 0) is 11.2 Å². The highest BCUT2D eigenvalue weighted by Gasteiger charge is 2.24. The fraction of sp³-hybridized carbons (Fsp3) is 0.526. The van der Waals surface area contributed by atoms with E-state index in [1.165, 1.54) is 11.1 Å². The topological polar surface area (TPSA) is 82.0 Å². The van der Waals surface area contributed by atoms with Gasteiger partial charge in [0.1, 0.15) is 12.6 Å². The van der Waals surface area contributed by atoms with Gasteiger partial charge in [0.05, 0.1) is 6.07 Å². The van der Waals surface area contributed by atoms with Crippen molar-refractivity contribution in [1.29, 1.82) is 5.26 Å². The van der Waals surface area contributed by atoms with Crippen LogP contribution in [0.4, 0.5) is 0 Å². The Morgan fingerprint density at radius 3 is 2.79 bits per heavy atom. The van der Waals surface area contributed by atoms with E-state index >= 15 is 0 Å². The maximum Gasteiger partial charge on any atom is 0.251 e. The Labute approximate surface area is 143 Å². The van der Waals surface area contributed by atoms with E-state index in [-0.39, 0.29) is 24.3 Å². The third kappa shape index (κ3) is 4.35. The van der Waals surface area contributed by atoms with Crippen molar-refractivity contribution >= 4 is 11.8 Å². The predicted molar refractivity (Wildman–Crippen MR) is 92.5 cm³/mol. The molecule has 24 heavy (non-hydrogen) atoms. The predicted octanol–water partition coefficient (Wildman–Crippen LogP) is 2.52. The van der Waals surface area contributed by atoms with Gasteiger partial charge in [0.25, 0.3) is 5.91 Å². The van der Waals surface area contributed by atoms with Crippen molar-refractivity contribution < 1.29 is 9.59 Å². The highest BCUT2D eigenvalue weighted by atomic mass is 16.2. The van der Waals surface area contributed by atoms with E-state index in [4.69, 9.17) is 5.26 Å². The zero-order valence-electron chi connectivity index (χ0n) is 14.6. The molecule has 2 atom stereocenters. The van der Waals surface area contributed by atoms with E-state index in [9.17, 15) is 9.59 Å². The van der Waals surface area contributed by atoms with Gasteiger partial charge in [-0.3, -0.25) is 9.59 Å². The summed E-state index contributed by atoms with van der Waals surface area (Å²) in [5, 5.41) is 13.9. The molecule has 0 spiro atoms. The summed E-state index contributed by atoms with van der Waals surface area (Å²) in [6, 6.07) is 7.04. The number of aryl methyl sites for hydroxylation is 1. The second kappa shape index (κ2) is 7.96. The molecule has 0 radical (unpaired) electrons. The van der Waals surface area contributed by atoms with Crippen molar-refractivity contribution in [3.63, 3.8) is 0 Å². The van der Waals surface area contributed by atoms with Crippen LogP contribution < -0.4 is 10.6 Å². The van der Waals surface area contributed by atoms with Gasteiger partial charge in [-0.05, 0) is 54.4 Å². The molecule has 1 unspecified atom stereocenters. The minimum absolute atomic E-state index is 0.0555. The number of nitrogens with zero attached hydrogens (tertiary/aromatic N) is 1. The van der Waals surface area contributed by atoms with Crippen LogP contribution in [0.5, 0.6) is 0 Å². The third-order valence-corrected chi connectivity index (χ3v) is 4.45. The maximum atomic E-state index is 12.5. The van der Waals surface area contributed by atoms with Crippen molar-refractivity contribution in [2.24, 2.45) is 5.92 Å². The molecular weight excluding hydrogens is 302 g/mol. The molecule has 128 valence electrons. The molecule has 2 rings (SSSR count). The minimum Gasteiger partial charge on any atom is -0.341 e. The lowest BCUT2D eigenvalue weighted by Gasteiger charge is -2.20. The number of carbonyl (C=O) groups is 2. The van der Waals surface area contributed by atoms with Crippen LogP contribution in [-0.4, -0.2) is 24.4 Å². The van der Waals surface area contributed by atoms with Gasteiger partial charge in [-0.2, -0.15) is 5.26 Å². The smallest absolute Gasteiger partial charge is 0.251 e. The van der Waals surface area contributed by atoms with Crippen LogP contribution in [0.2, 0.25) is 0 Å². The summed E-state index contributed by atoms with van der Waals surface area (Å²) < 4.78 is 0. The van der Waals surface area contributed by atoms with E-state index in [1.807, 2.05) is 38.1 Å². The number of amides is 2. The number of nitriles is 1. The molecule has 0 bridgehead atoms. The lowest BCUT2D eigenvalue weighted by Crippen LogP contribution is -2.47. The highest BCUT2D eigenvalue weighted by molar-refractivity contribution is 5.97. The van der Waals surface area contributed by atoms with Crippen LogP contribution in [0.3, 0.4) is 0 Å². The Balaban J connectivity index is 2.09. The molecule has 0 heterocycles. The number of fused-ring (bicyclic) bond motifs is 1. The van der Waals surface area contributed by atoms with Crippen LogP contribution >= 0.6 is 0 Å². The number of nitrogens with one attached hydrogen (secondary N) is 2. The number of carbonyl (C=O) groups excluding carboxylic acids is 2. The first-order valence-corrected chi connectivity index (χ1v) is 8.50. The zero-order valence-corrected chi connectivity index (χ0v) is 14.6. The summed E-state index contributed by atoms with van der Waals surface area (Å²) in [6.45, 7) is 6.13. The largest absolute Gasteiger partial charge is 0.341 e. The molecule has 1 aromatic rings. The molecule has 1 aromatic carbocycles. The average Bonchev–Trinajstić information content (AvgIpc) is 2.92. The van der Waals surface area contributed by atoms with Crippen molar-refractivity contribution in [3.8, 4) is 6.07 Å². The van der Waals surface area contributed by atoms with Gasteiger partial charge in [-0.15, -0.1) is 0 Å². The fourth-order valence-electron chi connectivity index (χ4n) is 3.17. The number of benzene rings is 1. The second-order valence-electron chi connectivity index (χ2n) is 6.88. The van der Waals surface area contributed by atoms with Gasteiger partial charge in [0.15, 0.2) is 0 Å². The molecule has 0 saturated heterocycles. The van der Waals surface area contributed by atoms with E-state index in [0.717, 1.165) is 12.8 Å². The van der Waals surface area contributed by atoms with Gasteiger partial charge in [0.2, 0.25) is 5.91 Å². The molecule has 1 aliphatic carbocycles. The van der Waals surface area contributed by atoms with Gasteiger partial charge in [-0.25, -0.2) is 0 Å². The van der Waals surface area contributed by atoms with E-state index in [2.05, 4.69) is 17.6 Å². The third-order valence-electron chi connectivity index (χ3n) is 4.45. The number of hydrogen-bond acceptors (Lipinski definition) is 3. The standard InChI is InChI=1S/C19H25N3O2/c1-12(2)10-17(19(24)21-9-8-20)22-18(23)15-6-7-16-13(3)4-5-14(16)11-15/h6-7,11-13,17H,4-5,9-10H2,1-3H3,(H,21,24)(H,22,23)/t13?,17-/m0/s1. The summed E-state index contributed by atoms with van der Waals surface area (Å²) in [7, 11) is 0. The van der Waals surface area contributed by atoms with Crippen molar-refractivity contribution in [3.05, 3.63) is 34.9 Å². The van der Waals surface area contributed by atoms with Gasteiger partial charge in [0, 0.05) is 5.56 Å². The van der Waals surface area contributed by atoms with Crippen molar-refractivity contribution in [2.45, 2.75) is 52.0 Å². The molecule has 0 fully saturated rings. The van der Waals surface area contributed by atoms with Crippen LogP contribution in [0.15, 0.2) is 18.2 Å². The van der Waals surface area contributed by atoms with E-state index in [1.54, 1.807) is 0 Å². The molecule has 2 N–H and O–H groups in total. The van der Waals surface area contributed by atoms with E-state index in [0.29, 0.717) is 17.9 Å². The molecule has 0 aliphatic heterocycles. The summed E-state index contributed by atoms with van der Waals surface area (Å²) in [6.07, 6.45) is 2.65. The van der Waals surface area contributed by atoms with Crippen LogP contribution in [0, 0.1) is 17.2 Å². The molecule has 5 heteroatoms. The Bertz CT molecular complexity index is 661. The molecule has 5 nitrogen and oxygen atoms in total. The monoisotopic (exact) mass is 327 g/mol. The summed E-state index contributed by atoms with van der Waals surface area (Å²) in [4.78, 5) is 24.7. The highest BCUT2D eigenvalue weighted by Crippen LogP contribution is 2.32. The average molecular weight is 327 g/mol. The summed E-state index contributed by atoms with van der Waals surface area (Å²) in [5.74, 6) is 0.245. The number of hydrogen-bond donors (Lipinski definition) is 2. The molecule has 0 aromatic heterocycles. The number of rotatable bonds is 6. The lowest BCUT2D eigenvalue weighted by molar-refractivity contribution is -0.123. The second-order valence-corrected chi connectivity index (χ2v) is 6.88. The Morgan fingerprint density at radius 1 is 1.38 bits per heavy atom. The molecule has 2 amide bonds. The normalized spacial score (nSPS) is 17.0. The maximum absolute atomic E-state index is 12.5. The molecule has 0 saturated carbocycles. The lowest BCUT2D eigenvalue weighted by atomic mass is 10.00. The Kier molecular flexibility index (Phi) is 5.97. The van der Waals surface area contributed by atoms with Crippen LogP contribution in [0.1, 0.15) is 61.0 Å². The summed E-state index contributed by atoms with van der Waals surface area (Å²) in [5.41, 5.74) is 3.13. The summed E-state index contributed by atoms with van der Waals surface area (Å²) >= 11 is 0. The zero-order chi connectivity index (χ0) is 17.7. The fourth-order valence-corrected chi connectivity index (χ4v) is 3.17.